The summed E-state index contributed by atoms with van der Waals surface area (Å²) >= 11 is 0. The highest BCUT2D eigenvalue weighted by atomic mass is 16.6. The molecule has 3 aromatic rings. The lowest BCUT2D eigenvalue weighted by Gasteiger charge is -2.41. The third kappa shape index (κ3) is 3.80. The summed E-state index contributed by atoms with van der Waals surface area (Å²) in [7, 11) is 0. The number of cyclic esters (lactones) is 1. The average molecular weight is 456 g/mol. The van der Waals surface area contributed by atoms with Gasteiger partial charge in [-0.2, -0.15) is 0 Å². The Kier molecular flexibility index (Phi) is 5.53. The van der Waals surface area contributed by atoms with Crippen molar-refractivity contribution in [3.8, 4) is 0 Å². The first-order valence-corrected chi connectivity index (χ1v) is 11.7. The van der Waals surface area contributed by atoms with Crippen LogP contribution in [0.1, 0.15) is 59.6 Å². The third-order valence-electron chi connectivity index (χ3n) is 6.58. The molecule has 2 aliphatic rings. The van der Waals surface area contributed by atoms with E-state index in [1.54, 1.807) is 6.07 Å². The summed E-state index contributed by atoms with van der Waals surface area (Å²) in [5, 5.41) is 0. The maximum absolute atomic E-state index is 13.8. The molecule has 1 fully saturated rings. The SMILES string of the molecule is CC(C)(C)OC(=O)c1ccccc1CC12C(=O)OC(c3ccccc3)N1CCc1ccccc12. The molecule has 5 heteroatoms. The molecule has 5 nitrogen and oxygen atoms in total. The van der Waals surface area contributed by atoms with Crippen molar-refractivity contribution in [1.29, 1.82) is 0 Å². The molecular formula is C29H29NO4. The van der Waals surface area contributed by atoms with Gasteiger partial charge >= 0.3 is 11.9 Å². The van der Waals surface area contributed by atoms with E-state index < -0.39 is 17.4 Å². The second kappa shape index (κ2) is 8.41. The lowest BCUT2D eigenvalue weighted by atomic mass is 9.76. The van der Waals surface area contributed by atoms with Gasteiger partial charge in [0.2, 0.25) is 0 Å². The number of fused-ring (bicyclic) bond motifs is 3. The van der Waals surface area contributed by atoms with E-state index in [0.29, 0.717) is 18.5 Å². The fourth-order valence-electron chi connectivity index (χ4n) is 5.15. The fraction of sp³-hybridized carbons (Fsp3) is 0.310. The second-order valence-electron chi connectivity index (χ2n) is 9.96. The van der Waals surface area contributed by atoms with Gasteiger partial charge in [-0.1, -0.05) is 72.8 Å². The van der Waals surface area contributed by atoms with Gasteiger partial charge in [0, 0.05) is 18.5 Å². The molecule has 174 valence electrons. The molecular weight excluding hydrogens is 426 g/mol. The highest BCUT2D eigenvalue weighted by Gasteiger charge is 2.59. The predicted molar refractivity (Wildman–Crippen MR) is 129 cm³/mol. The Morgan fingerprint density at radius 3 is 2.44 bits per heavy atom. The molecule has 5 rings (SSSR count). The summed E-state index contributed by atoms with van der Waals surface area (Å²) in [4.78, 5) is 29.1. The first kappa shape index (κ1) is 22.4. The van der Waals surface area contributed by atoms with Crippen molar-refractivity contribution in [3.63, 3.8) is 0 Å². The van der Waals surface area contributed by atoms with Crippen LogP contribution in [0, 0.1) is 0 Å². The van der Waals surface area contributed by atoms with Crippen molar-refractivity contribution in [1.82, 2.24) is 4.90 Å². The smallest absolute Gasteiger partial charge is 0.338 e. The van der Waals surface area contributed by atoms with Crippen LogP contribution in [0.5, 0.6) is 0 Å². The fourth-order valence-corrected chi connectivity index (χ4v) is 5.15. The molecule has 2 unspecified atom stereocenters. The number of ether oxygens (including phenoxy) is 2. The summed E-state index contributed by atoms with van der Waals surface area (Å²) in [5.74, 6) is -0.673. The normalized spacial score (nSPS) is 22.0. The number of hydrogen-bond acceptors (Lipinski definition) is 5. The first-order chi connectivity index (χ1) is 16.3. The van der Waals surface area contributed by atoms with E-state index in [2.05, 4.69) is 11.0 Å². The monoisotopic (exact) mass is 455 g/mol. The van der Waals surface area contributed by atoms with E-state index in [9.17, 15) is 9.59 Å². The minimum absolute atomic E-state index is 0.285. The maximum Gasteiger partial charge on any atom is 0.338 e. The van der Waals surface area contributed by atoms with E-state index >= 15 is 0 Å². The van der Waals surface area contributed by atoms with Crippen molar-refractivity contribution in [2.75, 3.05) is 6.54 Å². The Morgan fingerprint density at radius 2 is 1.68 bits per heavy atom. The molecule has 0 spiro atoms. The molecule has 0 amide bonds. The van der Waals surface area contributed by atoms with Crippen LogP contribution in [-0.4, -0.2) is 29.0 Å². The summed E-state index contributed by atoms with van der Waals surface area (Å²) in [6.45, 7) is 6.23. The summed E-state index contributed by atoms with van der Waals surface area (Å²) < 4.78 is 11.8. The van der Waals surface area contributed by atoms with E-state index in [4.69, 9.17) is 9.47 Å². The summed E-state index contributed by atoms with van der Waals surface area (Å²) in [5.41, 5.74) is 2.64. The molecule has 1 saturated heterocycles. The quantitative estimate of drug-likeness (QED) is 0.507. The van der Waals surface area contributed by atoms with Gasteiger partial charge in [-0.3, -0.25) is 0 Å². The molecule has 0 saturated carbocycles. The number of esters is 2. The second-order valence-corrected chi connectivity index (χ2v) is 9.96. The maximum atomic E-state index is 13.8. The van der Waals surface area contributed by atoms with E-state index in [-0.39, 0.29) is 11.9 Å². The van der Waals surface area contributed by atoms with Gasteiger partial charge in [0.05, 0.1) is 5.56 Å². The Morgan fingerprint density at radius 1 is 1.00 bits per heavy atom. The molecule has 2 aliphatic heterocycles. The van der Waals surface area contributed by atoms with Gasteiger partial charge in [-0.15, -0.1) is 0 Å². The van der Waals surface area contributed by atoms with Gasteiger partial charge < -0.3 is 9.47 Å². The Bertz CT molecular complexity index is 1230. The Labute approximate surface area is 200 Å². The number of hydrogen-bond donors (Lipinski definition) is 0. The summed E-state index contributed by atoms with van der Waals surface area (Å²) in [6.07, 6.45) is 0.670. The lowest BCUT2D eigenvalue weighted by Crippen LogP contribution is -2.52. The van der Waals surface area contributed by atoms with Crippen LogP contribution in [-0.2, 0) is 32.6 Å². The van der Waals surface area contributed by atoms with Crippen LogP contribution in [0.15, 0.2) is 78.9 Å². The highest BCUT2D eigenvalue weighted by molar-refractivity contribution is 5.92. The van der Waals surface area contributed by atoms with Gasteiger partial charge in [0.25, 0.3) is 0 Å². The van der Waals surface area contributed by atoms with Crippen LogP contribution in [0.3, 0.4) is 0 Å². The minimum Gasteiger partial charge on any atom is -0.456 e. The molecule has 2 atom stereocenters. The zero-order valence-corrected chi connectivity index (χ0v) is 19.8. The van der Waals surface area contributed by atoms with Gasteiger partial charge in [-0.25, -0.2) is 14.5 Å². The van der Waals surface area contributed by atoms with Crippen LogP contribution < -0.4 is 0 Å². The molecule has 0 bridgehead atoms. The van der Waals surface area contributed by atoms with E-state index in [1.807, 2.05) is 87.5 Å². The van der Waals surface area contributed by atoms with Crippen molar-refractivity contribution in [2.45, 2.75) is 51.0 Å². The number of nitrogens with zero attached hydrogens (tertiary/aromatic N) is 1. The molecule has 0 radical (unpaired) electrons. The van der Waals surface area contributed by atoms with Crippen molar-refractivity contribution in [3.05, 3.63) is 107 Å². The number of rotatable bonds is 4. The number of carbonyl (C=O) groups excluding carboxylic acids is 2. The van der Waals surface area contributed by atoms with Crippen molar-refractivity contribution in [2.24, 2.45) is 0 Å². The van der Waals surface area contributed by atoms with Crippen LogP contribution >= 0.6 is 0 Å². The number of benzene rings is 3. The standard InChI is InChI=1S/C29H29NO4/c1-28(2,3)34-26(31)23-15-9-7-14-22(23)19-29-24-16-10-8-11-20(24)17-18-30(29)25(33-27(29)32)21-12-5-4-6-13-21/h4-16,25H,17-19H2,1-3H3. The molecule has 0 aromatic heterocycles. The van der Waals surface area contributed by atoms with Crippen LogP contribution in [0.2, 0.25) is 0 Å². The minimum atomic E-state index is -1.02. The van der Waals surface area contributed by atoms with Crippen LogP contribution in [0.4, 0.5) is 0 Å². The molecule has 2 heterocycles. The lowest BCUT2D eigenvalue weighted by molar-refractivity contribution is -0.146. The average Bonchev–Trinajstić information content (AvgIpc) is 3.11. The van der Waals surface area contributed by atoms with Gasteiger partial charge in [0.1, 0.15) is 5.60 Å². The zero-order chi connectivity index (χ0) is 23.9. The van der Waals surface area contributed by atoms with Crippen molar-refractivity contribution < 1.29 is 19.1 Å². The Hall–Kier alpha value is -3.44. The first-order valence-electron chi connectivity index (χ1n) is 11.7. The summed E-state index contributed by atoms with van der Waals surface area (Å²) in [6, 6.07) is 25.3. The van der Waals surface area contributed by atoms with E-state index in [1.165, 1.54) is 0 Å². The molecule has 34 heavy (non-hydrogen) atoms. The molecule has 0 aliphatic carbocycles. The predicted octanol–water partition coefficient (Wildman–Crippen LogP) is 5.19. The highest BCUT2D eigenvalue weighted by Crippen LogP contribution is 2.50. The zero-order valence-electron chi connectivity index (χ0n) is 19.8. The largest absolute Gasteiger partial charge is 0.456 e. The van der Waals surface area contributed by atoms with Crippen molar-refractivity contribution >= 4 is 11.9 Å². The van der Waals surface area contributed by atoms with E-state index in [0.717, 1.165) is 28.7 Å². The third-order valence-corrected chi connectivity index (χ3v) is 6.58. The van der Waals surface area contributed by atoms with Crippen LogP contribution in [0.25, 0.3) is 0 Å². The number of carbonyl (C=O) groups is 2. The topological polar surface area (TPSA) is 55.8 Å². The molecule has 0 N–H and O–H groups in total. The van der Waals surface area contributed by atoms with Gasteiger partial charge in [0.15, 0.2) is 11.8 Å². The molecule has 3 aromatic carbocycles. The van der Waals surface area contributed by atoms with Gasteiger partial charge in [-0.05, 0) is 49.9 Å². The Balaban J connectivity index is 1.63.